The van der Waals surface area contributed by atoms with E-state index in [4.69, 9.17) is 9.47 Å². The van der Waals surface area contributed by atoms with Crippen molar-refractivity contribution in [2.45, 2.75) is 31.7 Å². The second-order valence-electron chi connectivity index (χ2n) is 9.63. The second kappa shape index (κ2) is 9.34. The molecule has 5 rings (SSSR count). The standard InChI is InChI=1S/C27H30N2O6/c1-2-23(24(30)29-13-17-14-34-12-11-27(17,16-29)25(31)32)28-26(33)35-15-22-20-9-5-3-7-18(20)19-8-4-6-10-21(19)22/h3-10,17,22-23H,2,11-16H2,1H3,(H,28,33)(H,31,32). The molecule has 35 heavy (non-hydrogen) atoms. The monoisotopic (exact) mass is 478 g/mol. The van der Waals surface area contributed by atoms with Crippen molar-refractivity contribution in [3.8, 4) is 11.1 Å². The van der Waals surface area contributed by atoms with Gasteiger partial charge in [-0.15, -0.1) is 0 Å². The molecule has 0 radical (unpaired) electrons. The maximum absolute atomic E-state index is 13.2. The minimum Gasteiger partial charge on any atom is -0.481 e. The Hall–Kier alpha value is -3.39. The molecule has 2 heterocycles. The quantitative estimate of drug-likeness (QED) is 0.660. The van der Waals surface area contributed by atoms with E-state index in [1.54, 1.807) is 4.90 Å². The highest BCUT2D eigenvalue weighted by Crippen LogP contribution is 2.45. The second-order valence-corrected chi connectivity index (χ2v) is 9.63. The lowest BCUT2D eigenvalue weighted by atomic mass is 9.74. The maximum atomic E-state index is 13.2. The van der Waals surface area contributed by atoms with Crippen molar-refractivity contribution in [2.24, 2.45) is 11.3 Å². The summed E-state index contributed by atoms with van der Waals surface area (Å²) in [5, 5.41) is 12.6. The topological polar surface area (TPSA) is 105 Å². The number of benzene rings is 2. The lowest BCUT2D eigenvalue weighted by Gasteiger charge is -2.33. The molecule has 0 bridgehead atoms. The number of nitrogens with zero attached hydrogens (tertiary/aromatic N) is 1. The third-order valence-electron chi connectivity index (χ3n) is 7.79. The molecule has 0 saturated carbocycles. The van der Waals surface area contributed by atoms with Gasteiger partial charge in [0.15, 0.2) is 0 Å². The lowest BCUT2D eigenvalue weighted by Crippen LogP contribution is -2.49. The summed E-state index contributed by atoms with van der Waals surface area (Å²) in [5.41, 5.74) is 3.54. The third kappa shape index (κ3) is 4.05. The number of aliphatic carboxylic acids is 1. The summed E-state index contributed by atoms with van der Waals surface area (Å²) in [6.45, 7) is 3.13. The molecular formula is C27H30N2O6. The van der Waals surface area contributed by atoms with Gasteiger partial charge < -0.3 is 24.8 Å². The minimum atomic E-state index is -0.976. The molecule has 0 spiro atoms. The minimum absolute atomic E-state index is 0.0685. The van der Waals surface area contributed by atoms with Crippen molar-refractivity contribution in [3.05, 3.63) is 59.7 Å². The van der Waals surface area contributed by atoms with Gasteiger partial charge in [0.25, 0.3) is 0 Å². The highest BCUT2D eigenvalue weighted by atomic mass is 16.5. The Balaban J connectivity index is 1.23. The number of likely N-dealkylation sites (tertiary alicyclic amines) is 1. The van der Waals surface area contributed by atoms with Crippen molar-refractivity contribution >= 4 is 18.0 Å². The highest BCUT2D eigenvalue weighted by molar-refractivity contribution is 5.87. The lowest BCUT2D eigenvalue weighted by molar-refractivity contribution is -0.157. The van der Waals surface area contributed by atoms with E-state index in [9.17, 15) is 19.5 Å². The number of alkyl carbamates (subject to hydrolysis) is 1. The van der Waals surface area contributed by atoms with Gasteiger partial charge in [-0.2, -0.15) is 0 Å². The van der Waals surface area contributed by atoms with Crippen LogP contribution in [-0.4, -0.2) is 66.9 Å². The van der Waals surface area contributed by atoms with Gasteiger partial charge in [-0.1, -0.05) is 55.5 Å². The fourth-order valence-corrected chi connectivity index (χ4v) is 5.81. The zero-order chi connectivity index (χ0) is 24.6. The summed E-state index contributed by atoms with van der Waals surface area (Å²) >= 11 is 0. The SMILES string of the molecule is CCC(NC(=O)OCC1c2ccccc2-c2ccccc21)C(=O)N1CC2COCCC2(C(=O)O)C1. The van der Waals surface area contributed by atoms with E-state index in [1.807, 2.05) is 31.2 Å². The predicted molar refractivity (Wildman–Crippen MR) is 128 cm³/mol. The highest BCUT2D eigenvalue weighted by Gasteiger charge is 2.55. The largest absolute Gasteiger partial charge is 0.481 e. The van der Waals surface area contributed by atoms with Crippen LogP contribution in [0, 0.1) is 11.3 Å². The van der Waals surface area contributed by atoms with Crippen LogP contribution in [0.3, 0.4) is 0 Å². The van der Waals surface area contributed by atoms with Crippen molar-refractivity contribution in [1.82, 2.24) is 10.2 Å². The average molecular weight is 479 g/mol. The number of fused-ring (bicyclic) bond motifs is 4. The van der Waals surface area contributed by atoms with E-state index in [0.29, 0.717) is 32.6 Å². The smallest absolute Gasteiger partial charge is 0.407 e. The summed E-state index contributed by atoms with van der Waals surface area (Å²) < 4.78 is 11.1. The maximum Gasteiger partial charge on any atom is 0.407 e. The van der Waals surface area contributed by atoms with Crippen LogP contribution < -0.4 is 5.32 Å². The van der Waals surface area contributed by atoms with Crippen LogP contribution >= 0.6 is 0 Å². The van der Waals surface area contributed by atoms with Gasteiger partial charge in [-0.25, -0.2) is 4.79 Å². The van der Waals surface area contributed by atoms with Crippen molar-refractivity contribution in [1.29, 1.82) is 0 Å². The molecule has 1 aliphatic carbocycles. The number of rotatable bonds is 6. The van der Waals surface area contributed by atoms with E-state index in [-0.39, 0.29) is 30.9 Å². The van der Waals surface area contributed by atoms with Gasteiger partial charge in [0.05, 0.1) is 12.0 Å². The van der Waals surface area contributed by atoms with Gasteiger partial charge in [0, 0.05) is 31.5 Å². The van der Waals surface area contributed by atoms with Gasteiger partial charge >= 0.3 is 12.1 Å². The Morgan fingerprint density at radius 2 is 1.80 bits per heavy atom. The first-order valence-electron chi connectivity index (χ1n) is 12.2. The first kappa shape index (κ1) is 23.4. The number of carbonyl (C=O) groups is 3. The van der Waals surface area contributed by atoms with Crippen molar-refractivity contribution in [3.63, 3.8) is 0 Å². The molecule has 184 valence electrons. The number of carboxylic acid groups (broad SMARTS) is 1. The number of hydrogen-bond acceptors (Lipinski definition) is 5. The number of carboxylic acids is 1. The summed E-state index contributed by atoms with van der Waals surface area (Å²) in [4.78, 5) is 39.6. The van der Waals surface area contributed by atoms with Crippen molar-refractivity contribution < 1.29 is 29.0 Å². The molecule has 2 saturated heterocycles. The molecule has 0 aromatic heterocycles. The van der Waals surface area contributed by atoms with Gasteiger partial charge in [0.1, 0.15) is 12.6 Å². The van der Waals surface area contributed by atoms with Crippen molar-refractivity contribution in [2.75, 3.05) is 32.9 Å². The van der Waals surface area contributed by atoms with Crippen LogP contribution in [-0.2, 0) is 19.1 Å². The van der Waals surface area contributed by atoms with Crippen LogP contribution in [0.15, 0.2) is 48.5 Å². The molecule has 8 nitrogen and oxygen atoms in total. The summed E-state index contributed by atoms with van der Waals surface area (Å²) in [6.07, 6.45) is 0.105. The predicted octanol–water partition coefficient (Wildman–Crippen LogP) is 3.25. The fraction of sp³-hybridized carbons (Fsp3) is 0.444. The number of ether oxygens (including phenoxy) is 2. The number of amides is 2. The molecule has 2 aromatic rings. The summed E-state index contributed by atoms with van der Waals surface area (Å²) in [7, 11) is 0. The molecule has 2 aliphatic heterocycles. The number of carbonyl (C=O) groups excluding carboxylic acids is 2. The first-order valence-corrected chi connectivity index (χ1v) is 12.2. The van der Waals surface area contributed by atoms with E-state index >= 15 is 0 Å². The Bertz CT molecular complexity index is 1100. The average Bonchev–Trinajstić information content (AvgIpc) is 3.43. The summed E-state index contributed by atoms with van der Waals surface area (Å²) in [6, 6.07) is 15.4. The van der Waals surface area contributed by atoms with Gasteiger partial charge in [-0.3, -0.25) is 9.59 Å². The molecule has 8 heteroatoms. The van der Waals surface area contributed by atoms with Gasteiger partial charge in [0.2, 0.25) is 5.91 Å². The van der Waals surface area contributed by atoms with Crippen LogP contribution in [0.25, 0.3) is 11.1 Å². The van der Waals surface area contributed by atoms with E-state index < -0.39 is 23.5 Å². The molecule has 2 N–H and O–H groups in total. The molecule has 3 unspecified atom stereocenters. The van der Waals surface area contributed by atoms with Crippen LogP contribution in [0.2, 0.25) is 0 Å². The van der Waals surface area contributed by atoms with E-state index in [0.717, 1.165) is 22.3 Å². The number of hydrogen-bond donors (Lipinski definition) is 2. The molecule has 2 amide bonds. The van der Waals surface area contributed by atoms with E-state index in [2.05, 4.69) is 29.6 Å². The zero-order valence-electron chi connectivity index (χ0n) is 19.7. The van der Waals surface area contributed by atoms with E-state index in [1.165, 1.54) is 0 Å². The van der Waals surface area contributed by atoms with Crippen LogP contribution in [0.5, 0.6) is 0 Å². The Labute approximate surface area is 204 Å². The first-order chi connectivity index (χ1) is 16.9. The molecule has 2 aromatic carbocycles. The zero-order valence-corrected chi connectivity index (χ0v) is 19.7. The normalized spacial score (nSPS) is 23.7. The molecule has 3 aliphatic rings. The fourth-order valence-electron chi connectivity index (χ4n) is 5.81. The van der Waals surface area contributed by atoms with Gasteiger partial charge in [-0.05, 0) is 35.1 Å². The Morgan fingerprint density at radius 3 is 2.40 bits per heavy atom. The third-order valence-corrected chi connectivity index (χ3v) is 7.79. The Kier molecular flexibility index (Phi) is 6.23. The summed E-state index contributed by atoms with van der Waals surface area (Å²) in [5.74, 6) is -1.49. The number of nitrogens with one attached hydrogen (secondary N) is 1. The van der Waals surface area contributed by atoms with Crippen LogP contribution in [0.1, 0.15) is 36.8 Å². The Morgan fingerprint density at radius 1 is 1.14 bits per heavy atom. The molecule has 2 fully saturated rings. The molecule has 3 atom stereocenters. The molecular weight excluding hydrogens is 448 g/mol. The van der Waals surface area contributed by atoms with Crippen LogP contribution in [0.4, 0.5) is 4.79 Å².